The smallest absolute Gasteiger partial charge is 0.0946 e. The quantitative estimate of drug-likeness (QED) is 0.898. The predicted octanol–water partition coefficient (Wildman–Crippen LogP) is 3.52. The summed E-state index contributed by atoms with van der Waals surface area (Å²) >= 11 is 6.17. The maximum Gasteiger partial charge on any atom is 0.0946 e. The zero-order chi connectivity index (χ0) is 13.8. The lowest BCUT2D eigenvalue weighted by molar-refractivity contribution is 0.516. The van der Waals surface area contributed by atoms with Gasteiger partial charge < -0.3 is 5.32 Å². The van der Waals surface area contributed by atoms with Crippen LogP contribution in [0.5, 0.6) is 0 Å². The summed E-state index contributed by atoms with van der Waals surface area (Å²) in [7, 11) is 2.10. The molecule has 2 rings (SSSR count). The number of hydrogen-bond acceptors (Lipinski definition) is 5. The molecule has 0 aromatic carbocycles. The monoisotopic (exact) mass is 316 g/mol. The van der Waals surface area contributed by atoms with E-state index in [2.05, 4.69) is 56.7 Å². The second kappa shape index (κ2) is 7.34. The molecule has 1 aliphatic heterocycles. The van der Waals surface area contributed by atoms with E-state index in [4.69, 9.17) is 4.98 Å². The van der Waals surface area contributed by atoms with E-state index in [0.29, 0.717) is 6.04 Å². The Balaban J connectivity index is 2.06. The molecule has 0 saturated carbocycles. The van der Waals surface area contributed by atoms with Crippen LogP contribution in [0.4, 0.5) is 0 Å². The van der Waals surface area contributed by atoms with Gasteiger partial charge in [0.1, 0.15) is 0 Å². The third kappa shape index (κ3) is 3.90. The Bertz CT molecular complexity index is 386. The zero-order valence-corrected chi connectivity index (χ0v) is 14.7. The third-order valence-corrected chi connectivity index (χ3v) is 8.23. The van der Waals surface area contributed by atoms with Gasteiger partial charge in [0.25, 0.3) is 0 Å². The highest BCUT2D eigenvalue weighted by Crippen LogP contribution is 2.36. The van der Waals surface area contributed by atoms with E-state index in [1.165, 1.54) is 33.5 Å². The van der Waals surface area contributed by atoms with Gasteiger partial charge in [0, 0.05) is 39.3 Å². The van der Waals surface area contributed by atoms with E-state index in [0.717, 1.165) is 16.9 Å². The van der Waals surface area contributed by atoms with Crippen molar-refractivity contribution in [1.82, 2.24) is 10.3 Å². The van der Waals surface area contributed by atoms with Gasteiger partial charge in [-0.2, -0.15) is 23.5 Å². The highest BCUT2D eigenvalue weighted by atomic mass is 32.2. The molecule has 1 N–H and O–H groups in total. The van der Waals surface area contributed by atoms with Crippen LogP contribution in [0.15, 0.2) is 0 Å². The predicted molar refractivity (Wildman–Crippen MR) is 90.9 cm³/mol. The topological polar surface area (TPSA) is 24.9 Å². The first-order valence-corrected chi connectivity index (χ1v) is 9.90. The fourth-order valence-electron chi connectivity index (χ4n) is 2.51. The maximum absolute atomic E-state index is 4.71. The molecule has 1 aromatic rings. The average molecular weight is 317 g/mol. The lowest BCUT2D eigenvalue weighted by atomic mass is 10.1. The highest BCUT2D eigenvalue weighted by Gasteiger charge is 2.31. The van der Waals surface area contributed by atoms with E-state index in [1.54, 1.807) is 0 Å². The SMILES string of the molecule is CCC1SCCSC1C(Cc1nc(C)c(C)s1)NC. The number of nitrogens with zero attached hydrogens (tertiary/aromatic N) is 1. The molecule has 0 aliphatic carbocycles. The minimum atomic E-state index is 0.549. The Labute approximate surface area is 129 Å². The Morgan fingerprint density at radius 1 is 1.32 bits per heavy atom. The molecule has 3 unspecified atom stereocenters. The number of likely N-dealkylation sites (N-methyl/N-ethyl adjacent to an activating group) is 1. The van der Waals surface area contributed by atoms with Gasteiger partial charge in [-0.15, -0.1) is 11.3 Å². The molecule has 0 bridgehead atoms. The van der Waals surface area contributed by atoms with Gasteiger partial charge in [-0.3, -0.25) is 0 Å². The third-order valence-electron chi connectivity index (χ3n) is 3.73. The largest absolute Gasteiger partial charge is 0.315 e. The summed E-state index contributed by atoms with van der Waals surface area (Å²) < 4.78 is 0. The molecule has 19 heavy (non-hydrogen) atoms. The van der Waals surface area contributed by atoms with Gasteiger partial charge >= 0.3 is 0 Å². The lowest BCUT2D eigenvalue weighted by Gasteiger charge is -2.35. The van der Waals surface area contributed by atoms with Crippen LogP contribution in [-0.4, -0.2) is 40.1 Å². The van der Waals surface area contributed by atoms with E-state index in [-0.39, 0.29) is 0 Å². The van der Waals surface area contributed by atoms with Crippen LogP contribution in [0.25, 0.3) is 0 Å². The minimum Gasteiger partial charge on any atom is -0.315 e. The van der Waals surface area contributed by atoms with Crippen LogP contribution in [-0.2, 0) is 6.42 Å². The van der Waals surface area contributed by atoms with Gasteiger partial charge in [0.15, 0.2) is 0 Å². The molecule has 2 nitrogen and oxygen atoms in total. The fraction of sp³-hybridized carbons (Fsp3) is 0.786. The van der Waals surface area contributed by atoms with E-state index in [9.17, 15) is 0 Å². The highest BCUT2D eigenvalue weighted by molar-refractivity contribution is 8.07. The molecule has 3 atom stereocenters. The van der Waals surface area contributed by atoms with Crippen molar-refractivity contribution >= 4 is 34.9 Å². The van der Waals surface area contributed by atoms with Crippen molar-refractivity contribution in [1.29, 1.82) is 0 Å². The van der Waals surface area contributed by atoms with Crippen molar-refractivity contribution in [2.75, 3.05) is 18.6 Å². The summed E-state index contributed by atoms with van der Waals surface area (Å²) in [6.07, 6.45) is 2.35. The lowest BCUT2D eigenvalue weighted by Crippen LogP contribution is -2.44. The summed E-state index contributed by atoms with van der Waals surface area (Å²) in [5, 5.41) is 6.35. The van der Waals surface area contributed by atoms with Gasteiger partial charge in [-0.05, 0) is 27.3 Å². The van der Waals surface area contributed by atoms with Gasteiger partial charge in [-0.1, -0.05) is 6.92 Å². The molecular weight excluding hydrogens is 292 g/mol. The molecule has 0 spiro atoms. The van der Waals surface area contributed by atoms with Crippen molar-refractivity contribution in [3.8, 4) is 0 Å². The molecule has 0 amide bonds. The first-order valence-electron chi connectivity index (χ1n) is 6.99. The molecule has 1 aliphatic rings. The Hall–Kier alpha value is 0.290. The summed E-state index contributed by atoms with van der Waals surface area (Å²) in [5.41, 5.74) is 1.20. The van der Waals surface area contributed by atoms with Crippen LogP contribution < -0.4 is 5.32 Å². The van der Waals surface area contributed by atoms with E-state index < -0.39 is 0 Å². The molecule has 5 heteroatoms. The Kier molecular flexibility index (Phi) is 6.06. The minimum absolute atomic E-state index is 0.549. The normalized spacial score (nSPS) is 25.5. The first-order chi connectivity index (χ1) is 9.15. The first kappa shape index (κ1) is 15.7. The molecule has 0 radical (unpaired) electrons. The van der Waals surface area contributed by atoms with Gasteiger partial charge in [0.05, 0.1) is 10.7 Å². The Morgan fingerprint density at radius 2 is 2.05 bits per heavy atom. The van der Waals surface area contributed by atoms with Gasteiger partial charge in [0.2, 0.25) is 0 Å². The summed E-state index contributed by atoms with van der Waals surface area (Å²) in [5.74, 6) is 2.60. The van der Waals surface area contributed by atoms with Crippen molar-refractivity contribution in [2.24, 2.45) is 0 Å². The van der Waals surface area contributed by atoms with Crippen molar-refractivity contribution in [3.05, 3.63) is 15.6 Å². The number of hydrogen-bond donors (Lipinski definition) is 1. The summed E-state index contributed by atoms with van der Waals surface area (Å²) in [4.78, 5) is 6.07. The summed E-state index contributed by atoms with van der Waals surface area (Å²) in [6, 6.07) is 0.549. The number of aromatic nitrogens is 1. The average Bonchev–Trinajstić information content (AvgIpc) is 2.75. The zero-order valence-electron chi connectivity index (χ0n) is 12.2. The van der Waals surface area contributed by atoms with Crippen molar-refractivity contribution < 1.29 is 0 Å². The molecule has 1 aromatic heterocycles. The van der Waals surface area contributed by atoms with Gasteiger partial charge in [-0.25, -0.2) is 4.98 Å². The van der Waals surface area contributed by atoms with Crippen molar-refractivity contribution in [3.63, 3.8) is 0 Å². The Morgan fingerprint density at radius 3 is 2.63 bits per heavy atom. The number of thiazole rings is 1. The van der Waals surface area contributed by atoms with Crippen LogP contribution in [0.3, 0.4) is 0 Å². The number of thioether (sulfide) groups is 2. The molecule has 1 fully saturated rings. The molecule has 108 valence electrons. The fourth-order valence-corrected chi connectivity index (χ4v) is 6.80. The second-order valence-electron chi connectivity index (χ2n) is 5.00. The summed E-state index contributed by atoms with van der Waals surface area (Å²) in [6.45, 7) is 6.61. The van der Waals surface area contributed by atoms with Crippen LogP contribution in [0.2, 0.25) is 0 Å². The van der Waals surface area contributed by atoms with E-state index >= 15 is 0 Å². The van der Waals surface area contributed by atoms with Crippen LogP contribution in [0, 0.1) is 13.8 Å². The van der Waals surface area contributed by atoms with Crippen LogP contribution in [0.1, 0.15) is 28.9 Å². The van der Waals surface area contributed by atoms with E-state index in [1.807, 2.05) is 11.3 Å². The number of nitrogens with one attached hydrogen (secondary N) is 1. The number of aryl methyl sites for hydroxylation is 2. The standard InChI is InChI=1S/C14H24N2S3/c1-5-12-14(18-7-6-17-12)11(15-4)8-13-16-9(2)10(3)19-13/h11-12,14-15H,5-8H2,1-4H3. The second-order valence-corrected chi connectivity index (χ2v) is 8.92. The molecule has 1 saturated heterocycles. The number of rotatable bonds is 5. The van der Waals surface area contributed by atoms with Crippen molar-refractivity contribution in [2.45, 2.75) is 50.2 Å². The molecule has 2 heterocycles. The molecular formula is C14H24N2S3. The van der Waals surface area contributed by atoms with Crippen LogP contribution >= 0.6 is 34.9 Å². The maximum atomic E-state index is 4.71.